The van der Waals surface area contributed by atoms with Gasteiger partial charge in [-0.2, -0.15) is 10.1 Å². The Morgan fingerprint density at radius 2 is 1.83 bits per heavy atom. The molecule has 2 bridgehead atoms. The number of nitrogens with zero attached hydrogens (tertiary/aromatic N) is 4. The Morgan fingerprint density at radius 1 is 1.09 bits per heavy atom. The van der Waals surface area contributed by atoms with E-state index in [0.717, 1.165) is 41.3 Å². The second kappa shape index (κ2) is 9.84. The van der Waals surface area contributed by atoms with Crippen LogP contribution in [0.4, 0.5) is 5.95 Å². The van der Waals surface area contributed by atoms with Crippen molar-refractivity contribution in [2.75, 3.05) is 4.72 Å². The Labute approximate surface area is 213 Å². The van der Waals surface area contributed by atoms with Crippen molar-refractivity contribution in [2.45, 2.75) is 76.2 Å². The van der Waals surface area contributed by atoms with E-state index >= 15 is 0 Å². The van der Waals surface area contributed by atoms with Gasteiger partial charge in [0, 0.05) is 24.9 Å². The molecule has 3 aromatic rings. The van der Waals surface area contributed by atoms with Gasteiger partial charge < -0.3 is 4.74 Å². The van der Waals surface area contributed by atoms with Gasteiger partial charge in [0.1, 0.15) is 5.60 Å². The number of nitrogens with one attached hydrogen (secondary N) is 1. The maximum atomic E-state index is 6.90. The number of hydrogen-bond acceptors (Lipinski definition) is 6. The lowest BCUT2D eigenvalue weighted by Crippen LogP contribution is -2.48. The van der Waals surface area contributed by atoms with E-state index in [9.17, 15) is 0 Å². The van der Waals surface area contributed by atoms with Gasteiger partial charge in [0.15, 0.2) is 0 Å². The van der Waals surface area contributed by atoms with Crippen LogP contribution in [0, 0.1) is 17.8 Å². The molecule has 0 saturated heterocycles. The first-order chi connectivity index (χ1) is 16.8. The number of benzene rings is 1. The minimum Gasteiger partial charge on any atom is -0.471 e. The van der Waals surface area contributed by atoms with E-state index in [-0.39, 0.29) is 5.60 Å². The zero-order valence-corrected chi connectivity index (χ0v) is 22.3. The number of rotatable bonds is 7. The summed E-state index contributed by atoms with van der Waals surface area (Å²) in [7, 11) is 1.92. The molecule has 0 aliphatic heterocycles. The second-order valence-electron chi connectivity index (χ2n) is 11.2. The van der Waals surface area contributed by atoms with E-state index in [0.29, 0.717) is 29.6 Å². The first-order valence-electron chi connectivity index (χ1n) is 12.9. The fraction of sp³-hybridized carbons (Fsp3) is 0.536. The summed E-state index contributed by atoms with van der Waals surface area (Å²) in [5, 5.41) is 4.26. The molecule has 35 heavy (non-hydrogen) atoms. The van der Waals surface area contributed by atoms with Gasteiger partial charge in [0.25, 0.3) is 0 Å². The molecule has 2 aliphatic rings. The monoisotopic (exact) mass is 491 g/mol. The van der Waals surface area contributed by atoms with Crippen molar-refractivity contribution in [2.24, 2.45) is 24.8 Å². The quantitative estimate of drug-likeness (QED) is 0.356. The van der Waals surface area contributed by atoms with Crippen LogP contribution in [0.15, 0.2) is 47.6 Å². The molecule has 6 nitrogen and oxygen atoms in total. The van der Waals surface area contributed by atoms with E-state index in [1.807, 2.05) is 25.5 Å². The highest BCUT2D eigenvalue weighted by Gasteiger charge is 2.46. The molecule has 0 radical (unpaired) electrons. The summed E-state index contributed by atoms with van der Waals surface area (Å²) in [5.41, 5.74) is 3.18. The molecule has 1 aromatic carbocycles. The predicted molar refractivity (Wildman–Crippen MR) is 143 cm³/mol. The molecule has 1 N–H and O–H groups in total. The molecule has 0 spiro atoms. The zero-order valence-electron chi connectivity index (χ0n) is 21.5. The van der Waals surface area contributed by atoms with Crippen molar-refractivity contribution in [1.29, 1.82) is 0 Å². The number of anilines is 1. The first-order valence-corrected chi connectivity index (χ1v) is 13.7. The van der Waals surface area contributed by atoms with Crippen molar-refractivity contribution in [3.05, 3.63) is 48.3 Å². The van der Waals surface area contributed by atoms with Crippen LogP contribution in [0.3, 0.4) is 0 Å². The van der Waals surface area contributed by atoms with E-state index in [1.165, 1.54) is 30.4 Å². The SMILES string of the molecule is CC1CC2CC(C)CC(Oc3cc(-c4ccccc4C(C)C)nc(NSc4cnn(C)c4)n3)(C1)C2. The molecule has 2 atom stereocenters. The van der Waals surface area contributed by atoms with Crippen molar-refractivity contribution in [3.63, 3.8) is 0 Å². The number of ether oxygens (including phenoxy) is 1. The average Bonchev–Trinajstić information content (AvgIpc) is 3.21. The van der Waals surface area contributed by atoms with Gasteiger partial charge >= 0.3 is 0 Å². The highest BCUT2D eigenvalue weighted by molar-refractivity contribution is 8.00. The van der Waals surface area contributed by atoms with Gasteiger partial charge in [-0.05, 0) is 73.3 Å². The van der Waals surface area contributed by atoms with Crippen LogP contribution in [-0.4, -0.2) is 25.3 Å². The molecule has 2 saturated carbocycles. The maximum absolute atomic E-state index is 6.90. The van der Waals surface area contributed by atoms with Crippen LogP contribution in [-0.2, 0) is 7.05 Å². The van der Waals surface area contributed by atoms with Crippen LogP contribution in [0.5, 0.6) is 5.88 Å². The van der Waals surface area contributed by atoms with Crippen molar-refractivity contribution in [3.8, 4) is 17.1 Å². The maximum Gasteiger partial charge on any atom is 0.237 e. The summed E-state index contributed by atoms with van der Waals surface area (Å²) < 4.78 is 12.0. The smallest absolute Gasteiger partial charge is 0.237 e. The average molecular weight is 492 g/mol. The summed E-state index contributed by atoms with van der Waals surface area (Å²) in [5.74, 6) is 3.75. The standard InChI is InChI=1S/C28H37N5OS/c1-18(2)23-8-6-7-9-24(23)25-12-26(31-27(30-25)32-35-22-16-29-33(5)17-22)34-28-13-19(3)10-21(15-28)11-20(4)14-28/h6-9,12,16-21H,10-11,13-15H2,1-5H3,(H,30,31,32). The van der Waals surface area contributed by atoms with Crippen LogP contribution in [0.2, 0.25) is 0 Å². The van der Waals surface area contributed by atoms with Crippen molar-refractivity contribution >= 4 is 17.9 Å². The Bertz CT molecular complexity index is 1160. The lowest BCUT2D eigenvalue weighted by Gasteiger charge is -2.49. The zero-order chi connectivity index (χ0) is 24.6. The minimum atomic E-state index is -0.128. The summed E-state index contributed by atoms with van der Waals surface area (Å²) in [6.45, 7) is 9.20. The Morgan fingerprint density at radius 3 is 2.51 bits per heavy atom. The third-order valence-electron chi connectivity index (χ3n) is 7.40. The second-order valence-corrected chi connectivity index (χ2v) is 12.0. The first kappa shape index (κ1) is 24.2. The Balaban J connectivity index is 1.50. The number of aryl methyl sites for hydroxylation is 1. The highest BCUT2D eigenvalue weighted by atomic mass is 32.2. The highest BCUT2D eigenvalue weighted by Crippen LogP contribution is 2.49. The topological polar surface area (TPSA) is 64.9 Å². The lowest BCUT2D eigenvalue weighted by atomic mass is 9.63. The molecular formula is C28H37N5OS. The molecule has 2 unspecified atom stereocenters. The summed E-state index contributed by atoms with van der Waals surface area (Å²) in [4.78, 5) is 10.8. The van der Waals surface area contributed by atoms with Crippen molar-refractivity contribution < 1.29 is 4.74 Å². The molecule has 0 amide bonds. The summed E-state index contributed by atoms with van der Waals surface area (Å²) in [6.07, 6.45) is 9.78. The van der Waals surface area contributed by atoms with Crippen LogP contribution >= 0.6 is 11.9 Å². The third kappa shape index (κ3) is 5.50. The van der Waals surface area contributed by atoms with E-state index < -0.39 is 0 Å². The number of aromatic nitrogens is 4. The van der Waals surface area contributed by atoms with E-state index in [4.69, 9.17) is 14.7 Å². The van der Waals surface area contributed by atoms with Gasteiger partial charge in [-0.15, -0.1) is 0 Å². The Kier molecular flexibility index (Phi) is 6.80. The molecule has 186 valence electrons. The van der Waals surface area contributed by atoms with Gasteiger partial charge in [-0.25, -0.2) is 4.98 Å². The minimum absolute atomic E-state index is 0.128. The van der Waals surface area contributed by atoms with E-state index in [1.54, 1.807) is 4.68 Å². The van der Waals surface area contributed by atoms with Crippen LogP contribution in [0.1, 0.15) is 71.3 Å². The predicted octanol–water partition coefficient (Wildman–Crippen LogP) is 7.10. The van der Waals surface area contributed by atoms with Crippen molar-refractivity contribution in [1.82, 2.24) is 19.7 Å². The van der Waals surface area contributed by atoms with Gasteiger partial charge in [0.05, 0.1) is 16.8 Å². The molecule has 2 aliphatic carbocycles. The Hall–Kier alpha value is -2.54. The third-order valence-corrected chi connectivity index (χ3v) is 8.13. The molecular weight excluding hydrogens is 454 g/mol. The number of hydrogen-bond donors (Lipinski definition) is 1. The molecule has 2 aromatic heterocycles. The fourth-order valence-corrected chi connectivity index (χ4v) is 7.02. The normalized spacial score (nSPS) is 26.1. The molecule has 2 heterocycles. The summed E-state index contributed by atoms with van der Waals surface area (Å²) in [6, 6.07) is 10.6. The summed E-state index contributed by atoms with van der Waals surface area (Å²) >= 11 is 1.47. The van der Waals surface area contributed by atoms with Gasteiger partial charge in [-0.3, -0.25) is 9.40 Å². The molecule has 5 rings (SSSR count). The van der Waals surface area contributed by atoms with E-state index in [2.05, 4.69) is 61.8 Å². The lowest BCUT2D eigenvalue weighted by molar-refractivity contribution is -0.0626. The molecule has 7 heteroatoms. The molecule has 2 fully saturated rings. The van der Waals surface area contributed by atoms with Gasteiger partial charge in [-0.1, -0.05) is 52.0 Å². The van der Waals surface area contributed by atoms with Crippen LogP contribution < -0.4 is 9.46 Å². The van der Waals surface area contributed by atoms with Crippen LogP contribution in [0.25, 0.3) is 11.3 Å². The number of fused-ring (bicyclic) bond motifs is 2. The largest absolute Gasteiger partial charge is 0.471 e. The van der Waals surface area contributed by atoms with Gasteiger partial charge in [0.2, 0.25) is 11.8 Å². The fourth-order valence-electron chi connectivity index (χ4n) is 6.41.